The van der Waals surface area contributed by atoms with Crippen LogP contribution in [-0.4, -0.2) is 30.8 Å². The van der Waals surface area contributed by atoms with Gasteiger partial charge in [-0.3, -0.25) is 4.79 Å². The van der Waals surface area contributed by atoms with Crippen LogP contribution in [0.15, 0.2) is 28.1 Å². The van der Waals surface area contributed by atoms with Crippen LogP contribution in [0, 0.1) is 0 Å². The summed E-state index contributed by atoms with van der Waals surface area (Å²) in [4.78, 5) is 12.8. The maximum Gasteiger partial charge on any atom is 0.273 e. The van der Waals surface area contributed by atoms with Gasteiger partial charge in [0.1, 0.15) is 0 Å². The van der Waals surface area contributed by atoms with E-state index in [4.69, 9.17) is 9.26 Å². The fraction of sp³-hybridized carbons (Fsp3) is 0.385. The van der Waals surface area contributed by atoms with Gasteiger partial charge in [-0.1, -0.05) is 11.2 Å². The number of carbonyl (C=O) groups excluding carboxylic acids is 1. The Morgan fingerprint density at radius 1 is 1.58 bits per heavy atom. The Hall–Kier alpha value is -1.66. The number of hydrogen-bond donors (Lipinski definition) is 1. The molecule has 1 N–H and O–H groups in total. The van der Waals surface area contributed by atoms with E-state index < -0.39 is 0 Å². The second kappa shape index (κ2) is 7.06. The number of ether oxygens (including phenoxy) is 1. The fourth-order valence-electron chi connectivity index (χ4n) is 1.53. The number of rotatable bonds is 7. The highest BCUT2D eigenvalue weighted by atomic mass is 32.1. The molecule has 6 heteroatoms. The normalized spacial score (nSPS) is 10.6. The monoisotopic (exact) mass is 280 g/mol. The van der Waals surface area contributed by atoms with Gasteiger partial charge in [-0.2, -0.15) is 0 Å². The first-order chi connectivity index (χ1) is 9.31. The quantitative estimate of drug-likeness (QED) is 0.792. The Balaban J connectivity index is 1.83. The molecule has 0 aliphatic carbocycles. The first-order valence-electron chi connectivity index (χ1n) is 6.17. The Morgan fingerprint density at radius 3 is 3.21 bits per heavy atom. The molecule has 2 heterocycles. The summed E-state index contributed by atoms with van der Waals surface area (Å²) in [6, 6.07) is 5.51. The van der Waals surface area contributed by atoms with Crippen molar-refractivity contribution in [2.75, 3.05) is 19.8 Å². The second-order valence-corrected chi connectivity index (χ2v) is 4.81. The van der Waals surface area contributed by atoms with Gasteiger partial charge in [0.05, 0.1) is 4.88 Å². The second-order valence-electron chi connectivity index (χ2n) is 3.86. The van der Waals surface area contributed by atoms with Gasteiger partial charge in [-0.25, -0.2) is 0 Å². The highest BCUT2D eigenvalue weighted by molar-refractivity contribution is 7.13. The number of nitrogens with zero attached hydrogens (tertiary/aromatic N) is 1. The highest BCUT2D eigenvalue weighted by Crippen LogP contribution is 2.24. The van der Waals surface area contributed by atoms with Gasteiger partial charge in [0, 0.05) is 25.8 Å². The maximum absolute atomic E-state index is 11.8. The van der Waals surface area contributed by atoms with E-state index in [1.165, 1.54) is 0 Å². The lowest BCUT2D eigenvalue weighted by Gasteiger charge is -2.02. The smallest absolute Gasteiger partial charge is 0.273 e. The zero-order valence-corrected chi connectivity index (χ0v) is 11.5. The molecule has 19 heavy (non-hydrogen) atoms. The number of carbonyl (C=O) groups is 1. The van der Waals surface area contributed by atoms with E-state index >= 15 is 0 Å². The Morgan fingerprint density at radius 2 is 2.47 bits per heavy atom. The van der Waals surface area contributed by atoms with E-state index in [1.54, 1.807) is 17.4 Å². The summed E-state index contributed by atoms with van der Waals surface area (Å²) in [7, 11) is 0. The van der Waals surface area contributed by atoms with Gasteiger partial charge in [-0.15, -0.1) is 11.3 Å². The van der Waals surface area contributed by atoms with E-state index in [-0.39, 0.29) is 5.91 Å². The van der Waals surface area contributed by atoms with Crippen LogP contribution in [0.4, 0.5) is 0 Å². The molecule has 0 radical (unpaired) electrons. The Bertz CT molecular complexity index is 508. The lowest BCUT2D eigenvalue weighted by Crippen LogP contribution is -2.25. The van der Waals surface area contributed by atoms with Crippen molar-refractivity contribution in [3.8, 4) is 10.6 Å². The van der Waals surface area contributed by atoms with E-state index in [2.05, 4.69) is 10.5 Å². The third kappa shape index (κ3) is 3.90. The zero-order valence-electron chi connectivity index (χ0n) is 10.7. The first-order valence-corrected chi connectivity index (χ1v) is 7.05. The van der Waals surface area contributed by atoms with Crippen molar-refractivity contribution in [3.63, 3.8) is 0 Å². The topological polar surface area (TPSA) is 64.4 Å². The van der Waals surface area contributed by atoms with Crippen LogP contribution in [0.25, 0.3) is 10.6 Å². The van der Waals surface area contributed by atoms with Gasteiger partial charge in [-0.05, 0) is 24.8 Å². The summed E-state index contributed by atoms with van der Waals surface area (Å²) in [5, 5.41) is 8.50. The molecule has 1 amide bonds. The largest absolute Gasteiger partial charge is 0.382 e. The Labute approximate surface area is 115 Å². The van der Waals surface area contributed by atoms with E-state index in [0.717, 1.165) is 11.3 Å². The minimum absolute atomic E-state index is 0.219. The van der Waals surface area contributed by atoms with Crippen molar-refractivity contribution < 1.29 is 14.1 Å². The molecule has 0 bridgehead atoms. The summed E-state index contributed by atoms with van der Waals surface area (Å²) in [5.41, 5.74) is 0.305. The standard InChI is InChI=1S/C13H16N2O3S/c1-2-17-7-4-6-14-13(16)10-9-11(18-15-10)12-5-3-8-19-12/h3,5,8-9H,2,4,6-7H2,1H3,(H,14,16). The predicted molar refractivity (Wildman–Crippen MR) is 73.3 cm³/mol. The summed E-state index contributed by atoms with van der Waals surface area (Å²) in [6.07, 6.45) is 0.787. The molecule has 0 atom stereocenters. The molecule has 0 saturated carbocycles. The van der Waals surface area contributed by atoms with Crippen molar-refractivity contribution in [1.29, 1.82) is 0 Å². The molecule has 0 fully saturated rings. The minimum atomic E-state index is -0.219. The van der Waals surface area contributed by atoms with Gasteiger partial charge in [0.15, 0.2) is 11.5 Å². The summed E-state index contributed by atoms with van der Waals surface area (Å²) < 4.78 is 10.3. The minimum Gasteiger partial charge on any atom is -0.382 e. The molecule has 0 saturated heterocycles. The SMILES string of the molecule is CCOCCCNC(=O)c1cc(-c2cccs2)on1. The van der Waals surface area contributed by atoms with Crippen molar-refractivity contribution in [2.24, 2.45) is 0 Å². The summed E-state index contributed by atoms with van der Waals surface area (Å²) in [5.74, 6) is 0.400. The molecular weight excluding hydrogens is 264 g/mol. The van der Waals surface area contributed by atoms with Crippen LogP contribution in [0.5, 0.6) is 0 Å². The lowest BCUT2D eigenvalue weighted by molar-refractivity contribution is 0.0935. The Kier molecular flexibility index (Phi) is 5.11. The summed E-state index contributed by atoms with van der Waals surface area (Å²) in [6.45, 7) is 3.86. The molecular formula is C13H16N2O3S. The van der Waals surface area contributed by atoms with Crippen molar-refractivity contribution in [2.45, 2.75) is 13.3 Å². The van der Waals surface area contributed by atoms with Gasteiger partial charge in [0.2, 0.25) is 0 Å². The van der Waals surface area contributed by atoms with Gasteiger partial charge < -0.3 is 14.6 Å². The van der Waals surface area contributed by atoms with Crippen LogP contribution in [0.1, 0.15) is 23.8 Å². The predicted octanol–water partition coefficient (Wildman–Crippen LogP) is 2.56. The average Bonchev–Trinajstić information content (AvgIpc) is 3.08. The third-order valence-electron chi connectivity index (χ3n) is 2.46. The van der Waals surface area contributed by atoms with Crippen LogP contribution in [0.3, 0.4) is 0 Å². The number of hydrogen-bond acceptors (Lipinski definition) is 5. The van der Waals surface area contributed by atoms with Crippen LogP contribution in [0.2, 0.25) is 0 Å². The molecule has 0 unspecified atom stereocenters. The molecule has 0 aliphatic rings. The molecule has 5 nitrogen and oxygen atoms in total. The molecule has 2 aromatic rings. The van der Waals surface area contributed by atoms with Crippen molar-refractivity contribution in [1.82, 2.24) is 10.5 Å². The zero-order chi connectivity index (χ0) is 13.5. The number of thiophene rings is 1. The van der Waals surface area contributed by atoms with E-state index in [1.807, 2.05) is 24.4 Å². The number of amides is 1. The molecule has 102 valence electrons. The summed E-state index contributed by atoms with van der Waals surface area (Å²) >= 11 is 1.55. The number of aromatic nitrogens is 1. The lowest BCUT2D eigenvalue weighted by atomic mass is 10.3. The average molecular weight is 280 g/mol. The third-order valence-corrected chi connectivity index (χ3v) is 3.35. The van der Waals surface area contributed by atoms with Crippen LogP contribution >= 0.6 is 11.3 Å². The fourth-order valence-corrected chi connectivity index (χ4v) is 2.20. The van der Waals surface area contributed by atoms with Crippen molar-refractivity contribution in [3.05, 3.63) is 29.3 Å². The van der Waals surface area contributed by atoms with Gasteiger partial charge in [0.25, 0.3) is 5.91 Å². The van der Waals surface area contributed by atoms with Crippen molar-refractivity contribution >= 4 is 17.2 Å². The van der Waals surface area contributed by atoms with E-state index in [9.17, 15) is 4.79 Å². The maximum atomic E-state index is 11.8. The number of nitrogens with one attached hydrogen (secondary N) is 1. The molecule has 0 spiro atoms. The molecule has 0 aliphatic heterocycles. The first kappa shape index (κ1) is 13.8. The molecule has 2 aromatic heterocycles. The highest BCUT2D eigenvalue weighted by Gasteiger charge is 2.13. The van der Waals surface area contributed by atoms with E-state index in [0.29, 0.717) is 31.2 Å². The van der Waals surface area contributed by atoms with Crippen LogP contribution < -0.4 is 5.32 Å². The molecule has 2 rings (SSSR count). The van der Waals surface area contributed by atoms with Gasteiger partial charge >= 0.3 is 0 Å². The molecule has 0 aromatic carbocycles. The van der Waals surface area contributed by atoms with Crippen LogP contribution in [-0.2, 0) is 4.74 Å².